The van der Waals surface area contributed by atoms with Gasteiger partial charge in [-0.25, -0.2) is 4.39 Å². The molecule has 7 heteroatoms. The third-order valence-electron chi connectivity index (χ3n) is 1.92. The molecule has 0 spiro atoms. The van der Waals surface area contributed by atoms with Gasteiger partial charge in [-0.1, -0.05) is 11.3 Å². The maximum Gasteiger partial charge on any atom is 0.232 e. The number of thiazole rings is 1. The highest BCUT2D eigenvalue weighted by molar-refractivity contribution is 7.13. The van der Waals surface area contributed by atoms with Crippen molar-refractivity contribution in [2.75, 3.05) is 0 Å². The number of benzene rings is 1. The molecule has 1 heterocycles. The van der Waals surface area contributed by atoms with Gasteiger partial charge in [0.05, 0.1) is 11.9 Å². The van der Waals surface area contributed by atoms with E-state index in [1.807, 2.05) is 0 Å². The lowest BCUT2D eigenvalue weighted by Crippen LogP contribution is -1.84. The number of aromatic nitrogens is 1. The van der Waals surface area contributed by atoms with Crippen LogP contribution in [0.3, 0.4) is 0 Å². The highest BCUT2D eigenvalue weighted by Gasteiger charge is 2.02. The van der Waals surface area contributed by atoms with Gasteiger partial charge in [0.15, 0.2) is 0 Å². The van der Waals surface area contributed by atoms with Crippen LogP contribution in [0, 0.1) is 5.82 Å². The van der Waals surface area contributed by atoms with Gasteiger partial charge in [-0.2, -0.15) is 10.1 Å². The molecule has 0 fully saturated rings. The second-order valence-corrected chi connectivity index (χ2v) is 4.00. The lowest BCUT2D eigenvalue weighted by molar-refractivity contribution is 0.457. The summed E-state index contributed by atoms with van der Waals surface area (Å²) >= 11 is 1.13. The zero-order valence-electron chi connectivity index (χ0n) is 8.54. The molecule has 1 aromatic carbocycles. The maximum absolute atomic E-state index is 12.9. The van der Waals surface area contributed by atoms with Crippen LogP contribution >= 0.6 is 11.3 Å². The highest BCUT2D eigenvalue weighted by Crippen LogP contribution is 2.24. The molecule has 2 rings (SSSR count). The Morgan fingerprint density at radius 3 is 2.88 bits per heavy atom. The van der Waals surface area contributed by atoms with Crippen LogP contribution in [0.1, 0.15) is 5.56 Å². The molecule has 0 saturated carbocycles. The number of phenols is 1. The minimum atomic E-state index is -0.445. The van der Waals surface area contributed by atoms with E-state index in [-0.39, 0.29) is 18.2 Å². The Balaban J connectivity index is 2.07. The normalized spacial score (nSPS) is 11.1. The Hall–Kier alpha value is -2.02. The summed E-state index contributed by atoms with van der Waals surface area (Å²) in [7, 11) is 0. The first-order valence-corrected chi connectivity index (χ1v) is 5.52. The molecule has 0 radical (unpaired) electrons. The van der Waals surface area contributed by atoms with Gasteiger partial charge in [0.25, 0.3) is 0 Å². The Morgan fingerprint density at radius 1 is 1.35 bits per heavy atom. The number of hydrogen-bond acceptors (Lipinski definition) is 6. The monoisotopic (exact) mass is 253 g/mol. The third-order valence-corrected chi connectivity index (χ3v) is 2.63. The maximum atomic E-state index is 12.9. The molecule has 0 aliphatic heterocycles. The van der Waals surface area contributed by atoms with Crippen LogP contribution in [0.15, 0.2) is 33.8 Å². The van der Waals surface area contributed by atoms with Crippen LogP contribution in [0.4, 0.5) is 9.52 Å². The third kappa shape index (κ3) is 2.97. The Morgan fingerprint density at radius 2 is 2.18 bits per heavy atom. The largest absolute Gasteiger partial charge is 0.508 e. The van der Waals surface area contributed by atoms with E-state index in [1.54, 1.807) is 0 Å². The minimum Gasteiger partial charge on any atom is -0.508 e. The first kappa shape index (κ1) is 11.5. The molecule has 0 saturated heterocycles. The van der Waals surface area contributed by atoms with Gasteiger partial charge in [0, 0.05) is 5.56 Å². The van der Waals surface area contributed by atoms with Crippen LogP contribution in [-0.2, 0) is 6.54 Å². The topological polar surface area (TPSA) is 78.1 Å². The molecular weight excluding hydrogens is 245 g/mol. The van der Waals surface area contributed by atoms with Gasteiger partial charge in [-0.15, -0.1) is 5.11 Å². The Labute approximate surface area is 99.9 Å². The lowest BCUT2D eigenvalue weighted by atomic mass is 10.2. The number of nitrogens with zero attached hydrogens (tertiary/aromatic N) is 3. The summed E-state index contributed by atoms with van der Waals surface area (Å²) in [5.74, 6) is -0.593. The molecule has 0 bridgehead atoms. The second-order valence-electron chi connectivity index (χ2n) is 3.16. The van der Waals surface area contributed by atoms with Crippen LogP contribution < -0.4 is 0 Å². The van der Waals surface area contributed by atoms with Crippen molar-refractivity contribution in [3.63, 3.8) is 0 Å². The summed E-state index contributed by atoms with van der Waals surface area (Å²) < 4.78 is 12.9. The van der Waals surface area contributed by atoms with Gasteiger partial charge < -0.3 is 10.2 Å². The van der Waals surface area contributed by atoms with E-state index < -0.39 is 5.82 Å². The molecule has 0 unspecified atom stereocenters. The summed E-state index contributed by atoms with van der Waals surface area (Å²) in [6, 6.07) is 3.61. The number of rotatable bonds is 3. The molecule has 2 N–H and O–H groups in total. The van der Waals surface area contributed by atoms with Crippen molar-refractivity contribution >= 4 is 16.5 Å². The average molecular weight is 253 g/mol. The fourth-order valence-corrected chi connectivity index (χ4v) is 1.67. The first-order chi connectivity index (χ1) is 8.15. The highest BCUT2D eigenvalue weighted by atomic mass is 32.1. The van der Waals surface area contributed by atoms with Gasteiger partial charge >= 0.3 is 0 Å². The Bertz CT molecular complexity index is 556. The average Bonchev–Trinajstić information content (AvgIpc) is 2.69. The number of aromatic hydroxyl groups is 2. The van der Waals surface area contributed by atoms with Gasteiger partial charge in [-0.3, -0.25) is 0 Å². The van der Waals surface area contributed by atoms with Crippen molar-refractivity contribution in [1.82, 2.24) is 4.98 Å². The number of azo groups is 1. The lowest BCUT2D eigenvalue weighted by Gasteiger charge is -1.99. The molecule has 0 aliphatic carbocycles. The van der Waals surface area contributed by atoms with Crippen molar-refractivity contribution in [1.29, 1.82) is 0 Å². The van der Waals surface area contributed by atoms with Gasteiger partial charge in [0.2, 0.25) is 11.0 Å². The predicted octanol–water partition coefficient (Wildman–Crippen LogP) is 2.98. The van der Waals surface area contributed by atoms with Crippen molar-refractivity contribution in [2.45, 2.75) is 6.54 Å². The fourth-order valence-electron chi connectivity index (χ4n) is 1.15. The molecule has 0 amide bonds. The zero-order valence-corrected chi connectivity index (χ0v) is 9.36. The molecule has 0 atom stereocenters. The molecule has 88 valence electrons. The molecule has 2 aromatic rings. The summed E-state index contributed by atoms with van der Waals surface area (Å²) in [4.78, 5) is 3.66. The van der Waals surface area contributed by atoms with Gasteiger partial charge in [0.1, 0.15) is 11.6 Å². The van der Waals surface area contributed by atoms with E-state index in [0.717, 1.165) is 17.4 Å². The second kappa shape index (κ2) is 4.88. The summed E-state index contributed by atoms with van der Waals surface area (Å²) in [5.41, 5.74) is 0.342. The molecule has 1 aromatic heterocycles. The van der Waals surface area contributed by atoms with E-state index >= 15 is 0 Å². The number of halogens is 1. The van der Waals surface area contributed by atoms with E-state index in [1.165, 1.54) is 17.5 Å². The molecule has 17 heavy (non-hydrogen) atoms. The first-order valence-electron chi connectivity index (χ1n) is 4.64. The van der Waals surface area contributed by atoms with Crippen molar-refractivity contribution in [3.05, 3.63) is 35.0 Å². The summed E-state index contributed by atoms with van der Waals surface area (Å²) in [5, 5.41) is 27.6. The van der Waals surface area contributed by atoms with E-state index in [9.17, 15) is 9.50 Å². The van der Waals surface area contributed by atoms with Crippen LogP contribution in [0.5, 0.6) is 11.6 Å². The number of hydrogen-bond donors (Lipinski definition) is 2. The van der Waals surface area contributed by atoms with E-state index in [0.29, 0.717) is 10.7 Å². The SMILES string of the molecule is Oc1csc(N=NCc2cc(F)ccc2O)n1. The predicted molar refractivity (Wildman–Crippen MR) is 60.1 cm³/mol. The van der Waals surface area contributed by atoms with Crippen LogP contribution in [0.2, 0.25) is 0 Å². The Kier molecular flexibility index (Phi) is 3.29. The summed E-state index contributed by atoms with van der Waals surface area (Å²) in [6.07, 6.45) is 0. The van der Waals surface area contributed by atoms with E-state index in [4.69, 9.17) is 5.11 Å². The van der Waals surface area contributed by atoms with E-state index in [2.05, 4.69) is 15.2 Å². The quantitative estimate of drug-likeness (QED) is 0.825. The number of phenolic OH excluding ortho intramolecular Hbond substituents is 1. The molecule has 5 nitrogen and oxygen atoms in total. The van der Waals surface area contributed by atoms with Gasteiger partial charge in [-0.05, 0) is 18.2 Å². The standard InChI is InChI=1S/C10H8FN3O2S/c11-7-1-2-8(15)6(3-7)4-12-14-10-13-9(16)5-17-10/h1-3,5,15-16H,4H2. The zero-order chi connectivity index (χ0) is 12.3. The van der Waals surface area contributed by atoms with Crippen molar-refractivity contribution in [2.24, 2.45) is 10.2 Å². The van der Waals surface area contributed by atoms with Crippen molar-refractivity contribution < 1.29 is 14.6 Å². The minimum absolute atomic E-state index is 0.0349. The van der Waals surface area contributed by atoms with Crippen molar-refractivity contribution in [3.8, 4) is 11.6 Å². The smallest absolute Gasteiger partial charge is 0.232 e. The fraction of sp³-hybridized carbons (Fsp3) is 0.100. The molecule has 0 aliphatic rings. The van der Waals surface area contributed by atoms with Crippen LogP contribution in [0.25, 0.3) is 0 Å². The van der Waals surface area contributed by atoms with Crippen LogP contribution in [-0.4, -0.2) is 15.2 Å². The summed E-state index contributed by atoms with van der Waals surface area (Å²) in [6.45, 7) is 0.0456. The molecular formula is C10H8FN3O2S.